The Hall–Kier alpha value is -6.23. The number of nitrogens with one attached hydrogen (secondary N) is 3. The lowest BCUT2D eigenvalue weighted by Gasteiger charge is -2.25. The number of carbonyl (C=O) groups is 9. The van der Waals surface area contributed by atoms with Gasteiger partial charge in [-0.3, -0.25) is 58.3 Å². The fourth-order valence-electron chi connectivity index (χ4n) is 6.69. The second-order valence-corrected chi connectivity index (χ2v) is 19.5. The maximum Gasteiger partial charge on any atom is 0.321 e. The minimum absolute atomic E-state index is 0.00647. The summed E-state index contributed by atoms with van der Waals surface area (Å²) in [4.78, 5) is 134. The van der Waals surface area contributed by atoms with E-state index in [1.807, 2.05) is 0 Å². The van der Waals surface area contributed by atoms with Gasteiger partial charge in [-0.15, -0.1) is 0 Å². The highest BCUT2D eigenvalue weighted by Crippen LogP contribution is 2.26. The second kappa shape index (κ2) is 35.8. The number of amides is 4. The molecule has 0 aromatic carbocycles. The van der Waals surface area contributed by atoms with E-state index in [2.05, 4.69) is 35.9 Å². The fourth-order valence-corrected chi connectivity index (χ4v) is 9.11. The molecular weight excluding hydrogens is 967 g/mol. The van der Waals surface area contributed by atoms with Gasteiger partial charge in [0.15, 0.2) is 41.2 Å². The predicted molar refractivity (Wildman–Crippen MR) is 275 cm³/mol. The van der Waals surface area contributed by atoms with Crippen molar-refractivity contribution in [3.8, 4) is 0 Å². The van der Waals surface area contributed by atoms with E-state index in [9.17, 15) is 43.2 Å². The molecule has 4 amide bonds. The first-order chi connectivity index (χ1) is 33.2. The molecule has 0 aromatic rings. The minimum Gasteiger partial charge on any atom is -0.480 e. The number of rotatable bonds is 40. The molecule has 29 heteroatoms. The van der Waals surface area contributed by atoms with Crippen molar-refractivity contribution >= 4 is 98.2 Å². The zero-order chi connectivity index (χ0) is 54.2. The molecule has 8 atom stereocenters. The van der Waals surface area contributed by atoms with Gasteiger partial charge in [-0.2, -0.15) is 0 Å². The zero-order valence-electron chi connectivity index (χ0n) is 40.8. The monoisotopic (exact) mass is 1040 g/mol. The van der Waals surface area contributed by atoms with Crippen LogP contribution in [0.15, 0.2) is 20.0 Å². The Morgan fingerprint density at radius 3 is 1.23 bits per heavy atom. The summed E-state index contributed by atoms with van der Waals surface area (Å²) in [5.74, 6) is -10.3. The number of Topliss-reactive ketones (excluding diaryl/α,β-unsaturated/α-hetero) is 4. The number of primary amides is 1. The summed E-state index contributed by atoms with van der Waals surface area (Å²) < 4.78 is 0. The number of nitrogens with zero attached hydrogens (tertiary/aromatic N) is 4. The standard InChI is InChI=1S/C42H77N17O10S2/c1-22(60)16-28(20-70-71-21-29(43)38(68)69)37(67)58-24(3)32(62)18-26(9-5-13-54-40(47)48)36(66)59-30(11-7-15-56-42(51)52)33(63)19-27(10-6-14-55-41(49)50)35(65)57-23(2)31(61)17-25(34(44)64)8-4-12-53-39(45)46/h23-30H,4-21,43H2,1-3H3,(H2,44,64)(H,57,65)(H,58,67)(H,59,66)(H,68,69)(H4,45,46,53)(H4,47,48,54)(H4,49,50,55)(H4,51,52,56)/t23-,24-,25+,26+,27+,28-,29?,30-/m1/s1. The van der Waals surface area contributed by atoms with E-state index in [0.29, 0.717) is 6.42 Å². The minimum atomic E-state index is -1.24. The summed E-state index contributed by atoms with van der Waals surface area (Å²) in [6.07, 6.45) is 0.0318. The van der Waals surface area contributed by atoms with Gasteiger partial charge in [0.2, 0.25) is 23.6 Å². The lowest BCUT2D eigenvalue weighted by atomic mass is 9.89. The van der Waals surface area contributed by atoms with Crippen molar-refractivity contribution in [2.24, 2.45) is 101 Å². The molecule has 402 valence electrons. The Morgan fingerprint density at radius 1 is 0.479 bits per heavy atom. The highest BCUT2D eigenvalue weighted by molar-refractivity contribution is 8.76. The van der Waals surface area contributed by atoms with Gasteiger partial charge in [-0.1, -0.05) is 21.6 Å². The molecule has 0 aliphatic carbocycles. The van der Waals surface area contributed by atoms with E-state index >= 15 is 0 Å². The predicted octanol–water partition coefficient (Wildman–Crippen LogP) is -3.70. The van der Waals surface area contributed by atoms with E-state index in [4.69, 9.17) is 62.4 Å². The number of guanidine groups is 4. The Labute approximate surface area is 421 Å². The number of carboxylic acids is 1. The second-order valence-electron chi connectivity index (χ2n) is 16.9. The molecule has 0 bridgehead atoms. The Bertz CT molecular complexity index is 1910. The van der Waals surface area contributed by atoms with Crippen LogP contribution in [0.5, 0.6) is 0 Å². The van der Waals surface area contributed by atoms with Crippen molar-refractivity contribution in [1.29, 1.82) is 0 Å². The number of carboxylic acid groups (broad SMARTS) is 1. The number of carbonyl (C=O) groups excluding carboxylic acids is 8. The highest BCUT2D eigenvalue weighted by atomic mass is 33.1. The van der Waals surface area contributed by atoms with Crippen molar-refractivity contribution in [3.63, 3.8) is 0 Å². The van der Waals surface area contributed by atoms with Crippen LogP contribution in [0.25, 0.3) is 0 Å². The molecule has 0 rings (SSSR count). The molecule has 0 saturated heterocycles. The van der Waals surface area contributed by atoms with E-state index in [1.54, 1.807) is 0 Å². The number of aliphatic imine (C=N–C) groups is 4. The summed E-state index contributed by atoms with van der Waals surface area (Å²) >= 11 is 0. The maximum absolute atomic E-state index is 14.3. The van der Waals surface area contributed by atoms with Gasteiger partial charge in [-0.25, -0.2) is 0 Å². The van der Waals surface area contributed by atoms with Crippen molar-refractivity contribution in [2.45, 2.75) is 122 Å². The molecule has 71 heavy (non-hydrogen) atoms. The van der Waals surface area contributed by atoms with Crippen molar-refractivity contribution < 1.29 is 48.3 Å². The summed E-state index contributed by atoms with van der Waals surface area (Å²) in [5, 5.41) is 17.1. The molecule has 1 unspecified atom stereocenters. The molecule has 0 radical (unpaired) electrons. The van der Waals surface area contributed by atoms with Crippen LogP contribution >= 0.6 is 21.6 Å². The van der Waals surface area contributed by atoms with Crippen LogP contribution in [0.1, 0.15) is 97.8 Å². The number of nitrogens with two attached hydrogens (primary N) is 10. The lowest BCUT2D eigenvalue weighted by Crippen LogP contribution is -2.48. The first kappa shape index (κ1) is 64.8. The van der Waals surface area contributed by atoms with Crippen LogP contribution in [0.2, 0.25) is 0 Å². The van der Waals surface area contributed by atoms with Crippen LogP contribution < -0.4 is 73.3 Å². The molecule has 0 heterocycles. The van der Waals surface area contributed by atoms with E-state index in [0.717, 1.165) is 21.6 Å². The summed E-state index contributed by atoms with van der Waals surface area (Å²) in [5.41, 5.74) is 54.8. The molecule has 0 aromatic heterocycles. The average molecular weight is 1040 g/mol. The summed E-state index contributed by atoms with van der Waals surface area (Å²) in [6.45, 7) is 4.61. The number of ketones is 4. The normalized spacial score (nSPS) is 14.3. The van der Waals surface area contributed by atoms with Crippen LogP contribution in [0, 0.1) is 23.7 Å². The average Bonchev–Trinajstić information content (AvgIpc) is 3.27. The van der Waals surface area contributed by atoms with Gasteiger partial charge in [-0.05, 0) is 72.1 Å². The third kappa shape index (κ3) is 30.9. The SMILES string of the molecule is CC(=O)C[C@H](CSSCC(N)C(=O)O)C(=O)N[C@H](C)C(=O)C[C@H](CCCN=C(N)N)C(=O)N[C@H](CCCN=C(N)N)C(=O)C[C@H](CCCN=C(N)N)C(=O)N[C@H](C)C(=O)C[C@H](CCCN=C(N)N)C(N)=O. The van der Waals surface area contributed by atoms with Gasteiger partial charge in [0.05, 0.1) is 24.0 Å². The number of hydrogen-bond donors (Lipinski definition) is 14. The smallest absolute Gasteiger partial charge is 0.321 e. The fraction of sp³-hybridized carbons (Fsp3) is 0.690. The number of aliphatic carboxylic acids is 1. The van der Waals surface area contributed by atoms with Gasteiger partial charge in [0.25, 0.3) is 0 Å². The van der Waals surface area contributed by atoms with Crippen LogP contribution in [-0.2, 0) is 43.2 Å². The lowest BCUT2D eigenvalue weighted by molar-refractivity contribution is -0.138. The van der Waals surface area contributed by atoms with E-state index < -0.39 is 108 Å². The summed E-state index contributed by atoms with van der Waals surface area (Å²) in [6, 6.07) is -4.61. The highest BCUT2D eigenvalue weighted by Gasteiger charge is 2.33. The van der Waals surface area contributed by atoms with Crippen LogP contribution in [0.4, 0.5) is 0 Å². The third-order valence-corrected chi connectivity index (χ3v) is 13.2. The zero-order valence-corrected chi connectivity index (χ0v) is 42.5. The van der Waals surface area contributed by atoms with Gasteiger partial charge >= 0.3 is 5.97 Å². The van der Waals surface area contributed by atoms with Crippen molar-refractivity contribution in [1.82, 2.24) is 16.0 Å². The van der Waals surface area contributed by atoms with E-state index in [1.165, 1.54) is 20.8 Å². The van der Waals surface area contributed by atoms with Gasteiger partial charge in [0.1, 0.15) is 11.8 Å². The summed E-state index contributed by atoms with van der Waals surface area (Å²) in [7, 11) is 2.27. The molecule has 27 nitrogen and oxygen atoms in total. The molecule has 0 fully saturated rings. The van der Waals surface area contributed by atoms with Gasteiger partial charge < -0.3 is 83.2 Å². The van der Waals surface area contributed by atoms with Crippen LogP contribution in [-0.4, -0.2) is 144 Å². The Morgan fingerprint density at radius 2 is 0.831 bits per heavy atom. The third-order valence-electron chi connectivity index (χ3n) is 10.7. The topological polar surface area (TPSA) is 520 Å². The molecular formula is C42H77N17O10S2. The Balaban J connectivity index is 6.54. The first-order valence-electron chi connectivity index (χ1n) is 23.0. The largest absolute Gasteiger partial charge is 0.480 e. The molecule has 0 spiro atoms. The molecule has 24 N–H and O–H groups in total. The molecule has 0 aliphatic heterocycles. The maximum atomic E-state index is 14.3. The molecule has 0 saturated carbocycles. The van der Waals surface area contributed by atoms with Crippen molar-refractivity contribution in [3.05, 3.63) is 0 Å². The van der Waals surface area contributed by atoms with Crippen LogP contribution in [0.3, 0.4) is 0 Å². The van der Waals surface area contributed by atoms with E-state index in [-0.39, 0.29) is 125 Å². The first-order valence-corrected chi connectivity index (χ1v) is 25.5. The molecule has 0 aliphatic rings. The van der Waals surface area contributed by atoms with Gasteiger partial charge in [0, 0.05) is 81.1 Å². The number of hydrogen-bond acceptors (Lipinski definition) is 16. The van der Waals surface area contributed by atoms with Crippen molar-refractivity contribution in [2.75, 3.05) is 37.7 Å². The Kier molecular flexibility index (Phi) is 32.7. The quantitative estimate of drug-likeness (QED) is 0.0122.